The smallest absolute Gasteiger partial charge is 0.191 e. The minimum absolute atomic E-state index is 0. The molecule has 0 atom stereocenters. The fourth-order valence-electron chi connectivity index (χ4n) is 3.13. The van der Waals surface area contributed by atoms with Crippen molar-refractivity contribution >= 4 is 35.6 Å². The molecule has 1 saturated heterocycles. The second kappa shape index (κ2) is 14.8. The predicted octanol–water partition coefficient (Wildman–Crippen LogP) is 2.55. The molecule has 1 aliphatic heterocycles. The average molecular weight is 507 g/mol. The van der Waals surface area contributed by atoms with Crippen LogP contribution in [0.25, 0.3) is 0 Å². The van der Waals surface area contributed by atoms with Crippen LogP contribution in [0.4, 0.5) is 10.1 Å². The highest BCUT2D eigenvalue weighted by molar-refractivity contribution is 14.0. The van der Waals surface area contributed by atoms with Crippen LogP contribution < -0.4 is 15.5 Å². The lowest BCUT2D eigenvalue weighted by Crippen LogP contribution is -2.47. The third-order valence-corrected chi connectivity index (χ3v) is 4.55. The number of hydrogen-bond acceptors (Lipinski definition) is 4. The largest absolute Gasteiger partial charge is 0.380 e. The quantitative estimate of drug-likeness (QED) is 0.221. The summed E-state index contributed by atoms with van der Waals surface area (Å²) in [5, 5.41) is 6.54. The van der Waals surface area contributed by atoms with Crippen LogP contribution in [0.5, 0.6) is 0 Å². The molecule has 0 amide bonds. The normalized spacial score (nSPS) is 15.2. The van der Waals surface area contributed by atoms with Crippen LogP contribution in [0.2, 0.25) is 0 Å². The maximum absolute atomic E-state index is 13.9. The summed E-state index contributed by atoms with van der Waals surface area (Å²) in [6.45, 7) is 12.6. The molecule has 160 valence electrons. The van der Waals surface area contributed by atoms with E-state index in [2.05, 4.69) is 32.3 Å². The van der Waals surface area contributed by atoms with Crippen LogP contribution in [-0.4, -0.2) is 76.4 Å². The molecule has 0 unspecified atom stereocenters. The lowest BCUT2D eigenvalue weighted by atomic mass is 10.2. The highest BCUT2D eigenvalue weighted by Crippen LogP contribution is 2.20. The molecule has 2 N–H and O–H groups in total. The maximum atomic E-state index is 13.9. The molecular weight excluding hydrogens is 472 g/mol. The van der Waals surface area contributed by atoms with Crippen molar-refractivity contribution in [3.8, 4) is 0 Å². The van der Waals surface area contributed by atoms with Crippen LogP contribution in [-0.2, 0) is 4.74 Å². The van der Waals surface area contributed by atoms with Crippen molar-refractivity contribution in [3.05, 3.63) is 30.1 Å². The lowest BCUT2D eigenvalue weighted by molar-refractivity contribution is 0.152. The molecule has 0 saturated carbocycles. The van der Waals surface area contributed by atoms with Gasteiger partial charge in [0.05, 0.1) is 12.3 Å². The molecule has 6 nitrogen and oxygen atoms in total. The number of ether oxygens (including phenoxy) is 1. The first-order chi connectivity index (χ1) is 13.2. The number of piperazine rings is 1. The first-order valence-corrected chi connectivity index (χ1v) is 10.1. The molecule has 0 bridgehead atoms. The van der Waals surface area contributed by atoms with E-state index in [-0.39, 0.29) is 29.8 Å². The van der Waals surface area contributed by atoms with Crippen LogP contribution in [0.3, 0.4) is 0 Å². The van der Waals surface area contributed by atoms with Gasteiger partial charge in [0, 0.05) is 59.0 Å². The van der Waals surface area contributed by atoms with Gasteiger partial charge in [0.25, 0.3) is 0 Å². The molecule has 1 heterocycles. The number of benzene rings is 1. The van der Waals surface area contributed by atoms with Crippen LogP contribution in [0.1, 0.15) is 20.3 Å². The highest BCUT2D eigenvalue weighted by Gasteiger charge is 2.18. The summed E-state index contributed by atoms with van der Waals surface area (Å²) >= 11 is 0. The van der Waals surface area contributed by atoms with Gasteiger partial charge >= 0.3 is 0 Å². The molecular formula is C20H35FIN5O. The summed E-state index contributed by atoms with van der Waals surface area (Å²) in [5.74, 6) is 0.717. The van der Waals surface area contributed by atoms with Crippen LogP contribution in [0.15, 0.2) is 29.3 Å². The van der Waals surface area contributed by atoms with Gasteiger partial charge in [0.1, 0.15) is 5.82 Å². The van der Waals surface area contributed by atoms with Gasteiger partial charge in [-0.2, -0.15) is 0 Å². The molecule has 0 aliphatic carbocycles. The summed E-state index contributed by atoms with van der Waals surface area (Å²) in [6.07, 6.45) is 1.02. The zero-order valence-electron chi connectivity index (χ0n) is 17.1. The van der Waals surface area contributed by atoms with Crippen molar-refractivity contribution in [2.24, 2.45) is 4.99 Å². The zero-order valence-corrected chi connectivity index (χ0v) is 19.5. The summed E-state index contributed by atoms with van der Waals surface area (Å²) in [4.78, 5) is 9.19. The van der Waals surface area contributed by atoms with Crippen molar-refractivity contribution < 1.29 is 9.13 Å². The number of nitrogens with one attached hydrogen (secondary N) is 2. The van der Waals surface area contributed by atoms with E-state index in [4.69, 9.17) is 4.74 Å². The Labute approximate surface area is 185 Å². The number of halogens is 2. The Morgan fingerprint density at radius 1 is 1.14 bits per heavy atom. The van der Waals surface area contributed by atoms with Gasteiger partial charge in [-0.15, -0.1) is 24.0 Å². The molecule has 0 spiro atoms. The van der Waals surface area contributed by atoms with E-state index in [9.17, 15) is 4.39 Å². The van der Waals surface area contributed by atoms with Crippen LogP contribution >= 0.6 is 24.0 Å². The number of anilines is 1. The second-order valence-electron chi connectivity index (χ2n) is 6.52. The fourth-order valence-corrected chi connectivity index (χ4v) is 3.13. The molecule has 1 aromatic rings. The number of aliphatic imine (C=N–C) groups is 1. The SMILES string of the molecule is CCNC(=NCCCN1CCN(c2ccccc2F)CC1)NCCOCC.I. The summed E-state index contributed by atoms with van der Waals surface area (Å²) in [6, 6.07) is 7.03. The fraction of sp³-hybridized carbons (Fsp3) is 0.650. The van der Waals surface area contributed by atoms with Crippen molar-refractivity contribution in [2.75, 3.05) is 70.5 Å². The first-order valence-electron chi connectivity index (χ1n) is 10.1. The number of nitrogens with zero attached hydrogens (tertiary/aromatic N) is 3. The van der Waals surface area contributed by atoms with E-state index in [1.54, 1.807) is 6.07 Å². The van der Waals surface area contributed by atoms with Crippen LogP contribution in [0, 0.1) is 5.82 Å². The third kappa shape index (κ3) is 8.91. The molecule has 0 aromatic heterocycles. The first kappa shape index (κ1) is 24.9. The Morgan fingerprint density at radius 3 is 2.57 bits per heavy atom. The van der Waals surface area contributed by atoms with Crippen molar-refractivity contribution in [1.29, 1.82) is 0 Å². The molecule has 2 rings (SSSR count). The van der Waals surface area contributed by atoms with E-state index >= 15 is 0 Å². The minimum atomic E-state index is -0.131. The standard InChI is InChI=1S/C20H34FN5O.HI/c1-3-22-20(24-11-17-27-4-2)23-10-7-12-25-13-15-26(16-14-25)19-9-6-5-8-18(19)21;/h5-6,8-9H,3-4,7,10-17H2,1-2H3,(H2,22,23,24);1H. The van der Waals surface area contributed by atoms with Gasteiger partial charge in [-0.25, -0.2) is 4.39 Å². The van der Waals surface area contributed by atoms with Gasteiger partial charge in [0.2, 0.25) is 0 Å². The van der Waals surface area contributed by atoms with Crippen molar-refractivity contribution in [1.82, 2.24) is 15.5 Å². The van der Waals surface area contributed by atoms with Gasteiger partial charge in [-0.3, -0.25) is 9.89 Å². The molecule has 0 radical (unpaired) electrons. The van der Waals surface area contributed by atoms with E-state index < -0.39 is 0 Å². The Morgan fingerprint density at radius 2 is 1.89 bits per heavy atom. The number of guanidine groups is 1. The molecule has 1 fully saturated rings. The Hall–Kier alpha value is -1.13. The van der Waals surface area contributed by atoms with E-state index in [1.807, 2.05) is 19.1 Å². The molecule has 1 aliphatic rings. The molecule has 1 aromatic carbocycles. The second-order valence-corrected chi connectivity index (χ2v) is 6.52. The van der Waals surface area contributed by atoms with Gasteiger partial charge in [0.15, 0.2) is 5.96 Å². The number of hydrogen-bond donors (Lipinski definition) is 2. The van der Waals surface area contributed by atoms with E-state index in [1.165, 1.54) is 6.07 Å². The predicted molar refractivity (Wildman–Crippen MR) is 126 cm³/mol. The van der Waals surface area contributed by atoms with E-state index in [0.717, 1.165) is 77.0 Å². The van der Waals surface area contributed by atoms with Crippen molar-refractivity contribution in [2.45, 2.75) is 20.3 Å². The summed E-state index contributed by atoms with van der Waals surface area (Å²) in [7, 11) is 0. The number of rotatable bonds is 10. The summed E-state index contributed by atoms with van der Waals surface area (Å²) < 4.78 is 19.2. The van der Waals surface area contributed by atoms with E-state index in [0.29, 0.717) is 6.61 Å². The monoisotopic (exact) mass is 507 g/mol. The van der Waals surface area contributed by atoms with Gasteiger partial charge < -0.3 is 20.3 Å². The van der Waals surface area contributed by atoms with Crippen molar-refractivity contribution in [3.63, 3.8) is 0 Å². The minimum Gasteiger partial charge on any atom is -0.380 e. The van der Waals surface area contributed by atoms with Gasteiger partial charge in [-0.05, 0) is 32.4 Å². The lowest BCUT2D eigenvalue weighted by Gasteiger charge is -2.36. The topological polar surface area (TPSA) is 52.1 Å². The van der Waals surface area contributed by atoms with Gasteiger partial charge in [-0.1, -0.05) is 12.1 Å². The maximum Gasteiger partial charge on any atom is 0.191 e. The third-order valence-electron chi connectivity index (χ3n) is 4.55. The number of para-hydroxylation sites is 1. The Balaban J connectivity index is 0.00000392. The zero-order chi connectivity index (χ0) is 19.3. The summed E-state index contributed by atoms with van der Waals surface area (Å²) in [5.41, 5.74) is 0.718. The Bertz CT molecular complexity index is 567. The average Bonchev–Trinajstić information content (AvgIpc) is 2.69. The Kier molecular flexibility index (Phi) is 13.2. The highest BCUT2D eigenvalue weighted by atomic mass is 127. The molecule has 28 heavy (non-hydrogen) atoms. The molecule has 8 heteroatoms.